The van der Waals surface area contributed by atoms with E-state index in [9.17, 15) is 14.7 Å². The molecule has 0 spiro atoms. The Kier molecular flexibility index (Phi) is 11.7. The molecule has 12 heteroatoms. The van der Waals surface area contributed by atoms with Crippen LogP contribution in [0.5, 0.6) is 17.2 Å². The molecule has 0 aliphatic rings. The number of hydrogen-bond acceptors (Lipinski definition) is 9. The van der Waals surface area contributed by atoms with Gasteiger partial charge in [0, 0.05) is 37.3 Å². The van der Waals surface area contributed by atoms with Crippen LogP contribution in [-0.2, 0) is 16.6 Å². The van der Waals surface area contributed by atoms with E-state index in [0.29, 0.717) is 42.6 Å². The lowest BCUT2D eigenvalue weighted by Gasteiger charge is -2.19. The van der Waals surface area contributed by atoms with Crippen molar-refractivity contribution in [3.05, 3.63) is 72.1 Å². The van der Waals surface area contributed by atoms with E-state index in [-0.39, 0.29) is 12.6 Å². The first kappa shape index (κ1) is 31.1. The molecule has 0 fully saturated rings. The molecule has 4 N–H and O–H groups in total. The lowest BCUT2D eigenvalue weighted by atomic mass is 10.1. The standard InChI is InChI=1S/C25H29N3O4S.C4H4O4/c1-17(15-31-23-11-7-6-10-22(23)30-3)26-14-18(29)16-32-21-9-5-4-8-19(21)24-25-20(12-13-33-25)28(2)27-24;5-3(6)1-2-4(7)8/h4-13,17-18,26,29H,14-16H2,1-3H3;1-2H,(H,5,6)(H,7,8)/b;2-1-. The molecule has 0 bridgehead atoms. The van der Waals surface area contributed by atoms with Gasteiger partial charge in [0.15, 0.2) is 11.5 Å². The molecule has 4 aromatic rings. The highest BCUT2D eigenvalue weighted by atomic mass is 32.1. The van der Waals surface area contributed by atoms with Gasteiger partial charge in [-0.15, -0.1) is 11.3 Å². The summed E-state index contributed by atoms with van der Waals surface area (Å²) in [5.74, 6) is -0.412. The van der Waals surface area contributed by atoms with Crippen LogP contribution in [0.25, 0.3) is 21.5 Å². The van der Waals surface area contributed by atoms with Gasteiger partial charge in [0.1, 0.15) is 30.8 Å². The Balaban J connectivity index is 0.000000507. The maximum absolute atomic E-state index is 10.5. The number of methoxy groups -OCH3 is 1. The average Bonchev–Trinajstić information content (AvgIpc) is 3.57. The molecule has 11 nitrogen and oxygen atoms in total. The zero-order valence-electron chi connectivity index (χ0n) is 22.9. The lowest BCUT2D eigenvalue weighted by Crippen LogP contribution is -2.39. The number of hydrogen-bond donors (Lipinski definition) is 4. The number of rotatable bonds is 13. The van der Waals surface area contributed by atoms with Gasteiger partial charge in [0.05, 0.1) is 17.3 Å². The number of aromatic nitrogens is 2. The Bertz CT molecular complexity index is 1450. The zero-order chi connectivity index (χ0) is 29.8. The molecule has 4 rings (SSSR count). The number of thiophene rings is 1. The van der Waals surface area contributed by atoms with Gasteiger partial charge < -0.3 is 34.8 Å². The van der Waals surface area contributed by atoms with E-state index in [4.69, 9.17) is 24.4 Å². The molecule has 2 unspecified atom stereocenters. The highest BCUT2D eigenvalue weighted by Crippen LogP contribution is 2.36. The number of carboxylic acids is 2. The van der Waals surface area contributed by atoms with Crippen LogP contribution in [-0.4, -0.2) is 76.1 Å². The number of ether oxygens (including phenoxy) is 3. The minimum Gasteiger partial charge on any atom is -0.493 e. The molecule has 0 saturated heterocycles. The Labute approximate surface area is 241 Å². The quantitative estimate of drug-likeness (QED) is 0.171. The average molecular weight is 584 g/mol. The van der Waals surface area contributed by atoms with E-state index < -0.39 is 18.0 Å². The number of aryl methyl sites for hydroxylation is 1. The van der Waals surface area contributed by atoms with Crippen molar-refractivity contribution in [2.45, 2.75) is 19.1 Å². The molecule has 41 heavy (non-hydrogen) atoms. The number of carboxylic acid groups (broad SMARTS) is 2. The molecular weight excluding hydrogens is 550 g/mol. The number of para-hydroxylation sites is 3. The van der Waals surface area contributed by atoms with Crippen molar-refractivity contribution in [2.24, 2.45) is 7.05 Å². The molecule has 2 aromatic carbocycles. The molecule has 218 valence electrons. The zero-order valence-corrected chi connectivity index (χ0v) is 23.7. The molecule has 2 heterocycles. The monoisotopic (exact) mass is 583 g/mol. The Morgan fingerprint density at radius 1 is 0.976 bits per heavy atom. The predicted octanol–water partition coefficient (Wildman–Crippen LogP) is 3.82. The summed E-state index contributed by atoms with van der Waals surface area (Å²) >= 11 is 1.66. The van der Waals surface area contributed by atoms with E-state index in [1.54, 1.807) is 18.4 Å². The van der Waals surface area contributed by atoms with Gasteiger partial charge in [-0.2, -0.15) is 5.10 Å². The van der Waals surface area contributed by atoms with Crippen LogP contribution in [0.2, 0.25) is 0 Å². The summed E-state index contributed by atoms with van der Waals surface area (Å²) in [6.07, 6.45) is 0.447. The van der Waals surface area contributed by atoms with Crippen LogP contribution >= 0.6 is 11.3 Å². The number of nitrogens with zero attached hydrogens (tertiary/aromatic N) is 2. The van der Waals surface area contributed by atoms with Crippen molar-refractivity contribution in [1.82, 2.24) is 15.1 Å². The summed E-state index contributed by atoms with van der Waals surface area (Å²) in [6.45, 7) is 3.01. The van der Waals surface area contributed by atoms with Crippen molar-refractivity contribution in [3.8, 4) is 28.5 Å². The summed E-state index contributed by atoms with van der Waals surface area (Å²) < 4.78 is 20.1. The van der Waals surface area contributed by atoms with E-state index in [1.807, 2.05) is 67.2 Å². The molecule has 0 amide bonds. The Hall–Kier alpha value is -4.39. The minimum atomic E-state index is -1.26. The predicted molar refractivity (Wildman–Crippen MR) is 156 cm³/mol. The van der Waals surface area contributed by atoms with Gasteiger partial charge in [-0.25, -0.2) is 9.59 Å². The van der Waals surface area contributed by atoms with Gasteiger partial charge in [-0.05, 0) is 42.6 Å². The van der Waals surface area contributed by atoms with Crippen LogP contribution in [0.1, 0.15) is 6.92 Å². The van der Waals surface area contributed by atoms with E-state index in [0.717, 1.165) is 21.5 Å². The smallest absolute Gasteiger partial charge is 0.328 e. The molecule has 2 aromatic heterocycles. The Morgan fingerprint density at radius 2 is 1.59 bits per heavy atom. The van der Waals surface area contributed by atoms with Gasteiger partial charge in [0.2, 0.25) is 0 Å². The minimum absolute atomic E-state index is 0.0393. The van der Waals surface area contributed by atoms with Crippen molar-refractivity contribution < 1.29 is 39.1 Å². The first-order valence-corrected chi connectivity index (χ1v) is 13.5. The third-order valence-corrected chi connectivity index (χ3v) is 6.57. The molecule has 0 aliphatic heterocycles. The SMILES string of the molecule is COc1ccccc1OCC(C)NCC(O)COc1ccccc1-c1nn(C)c2ccsc12.O=C(O)/C=C\C(=O)O. The fourth-order valence-electron chi connectivity index (χ4n) is 3.68. The van der Waals surface area contributed by atoms with Crippen LogP contribution in [0.3, 0.4) is 0 Å². The summed E-state index contributed by atoms with van der Waals surface area (Å²) in [6, 6.07) is 17.4. The number of fused-ring (bicyclic) bond motifs is 1. The van der Waals surface area contributed by atoms with E-state index in [2.05, 4.69) is 21.9 Å². The highest BCUT2D eigenvalue weighted by Gasteiger charge is 2.17. The maximum atomic E-state index is 10.5. The van der Waals surface area contributed by atoms with E-state index in [1.165, 1.54) is 0 Å². The second-order valence-electron chi connectivity index (χ2n) is 8.85. The topological polar surface area (TPSA) is 152 Å². The normalized spacial score (nSPS) is 12.4. The first-order valence-electron chi connectivity index (χ1n) is 12.6. The largest absolute Gasteiger partial charge is 0.493 e. The van der Waals surface area contributed by atoms with Crippen molar-refractivity contribution >= 4 is 33.5 Å². The van der Waals surface area contributed by atoms with Gasteiger partial charge in [-0.3, -0.25) is 4.68 Å². The third kappa shape index (κ3) is 9.34. The lowest BCUT2D eigenvalue weighted by molar-refractivity contribution is -0.134. The van der Waals surface area contributed by atoms with Crippen LogP contribution in [0.4, 0.5) is 0 Å². The molecule has 0 radical (unpaired) electrons. The number of nitrogens with one attached hydrogen (secondary N) is 1. The fraction of sp³-hybridized carbons (Fsp3) is 0.276. The third-order valence-electron chi connectivity index (χ3n) is 5.66. The molecular formula is C29H33N3O8S. The van der Waals surface area contributed by atoms with Gasteiger partial charge >= 0.3 is 11.9 Å². The summed E-state index contributed by atoms with van der Waals surface area (Å²) in [5.41, 5.74) is 2.91. The molecule has 0 aliphatic carbocycles. The second kappa shape index (κ2) is 15.4. The van der Waals surface area contributed by atoms with E-state index >= 15 is 0 Å². The van der Waals surface area contributed by atoms with Crippen LogP contribution < -0.4 is 19.5 Å². The molecule has 0 saturated carbocycles. The number of carbonyl (C=O) groups is 2. The first-order chi connectivity index (χ1) is 19.7. The van der Waals surface area contributed by atoms with Crippen LogP contribution in [0, 0.1) is 0 Å². The fourth-order valence-corrected chi connectivity index (χ4v) is 4.60. The van der Waals surface area contributed by atoms with Crippen molar-refractivity contribution in [1.29, 1.82) is 0 Å². The number of benzene rings is 2. The summed E-state index contributed by atoms with van der Waals surface area (Å²) in [7, 11) is 3.56. The number of aliphatic hydroxyl groups excluding tert-OH is 1. The van der Waals surface area contributed by atoms with Crippen molar-refractivity contribution in [3.63, 3.8) is 0 Å². The van der Waals surface area contributed by atoms with Gasteiger partial charge in [0.25, 0.3) is 0 Å². The van der Waals surface area contributed by atoms with Crippen LogP contribution in [0.15, 0.2) is 72.1 Å². The second-order valence-corrected chi connectivity index (χ2v) is 9.77. The number of aliphatic carboxylic acids is 2. The van der Waals surface area contributed by atoms with Crippen molar-refractivity contribution in [2.75, 3.05) is 26.9 Å². The maximum Gasteiger partial charge on any atom is 0.328 e. The summed E-state index contributed by atoms with van der Waals surface area (Å²) in [5, 5.41) is 36.1. The Morgan fingerprint density at radius 3 is 2.24 bits per heavy atom. The molecule has 2 atom stereocenters. The number of aliphatic hydroxyl groups is 1. The highest BCUT2D eigenvalue weighted by molar-refractivity contribution is 7.17. The van der Waals surface area contributed by atoms with Gasteiger partial charge in [-0.1, -0.05) is 24.3 Å². The summed E-state index contributed by atoms with van der Waals surface area (Å²) in [4.78, 5) is 19.1.